The summed E-state index contributed by atoms with van der Waals surface area (Å²) in [5.41, 5.74) is 0.539. The average Bonchev–Trinajstić information content (AvgIpc) is 2.78. The maximum Gasteiger partial charge on any atom is 0.324 e. The monoisotopic (exact) mass is 270 g/mol. The number of carbonyl (C=O) groups excluding carboxylic acids is 1. The van der Waals surface area contributed by atoms with E-state index in [4.69, 9.17) is 4.74 Å². The number of ether oxygens (including phenoxy) is 1. The van der Waals surface area contributed by atoms with Crippen LogP contribution in [0.2, 0.25) is 0 Å². The van der Waals surface area contributed by atoms with Crippen LogP contribution < -0.4 is 5.32 Å². The molecule has 0 saturated carbocycles. The van der Waals surface area contributed by atoms with Gasteiger partial charge >= 0.3 is 6.03 Å². The van der Waals surface area contributed by atoms with E-state index in [1.165, 1.54) is 0 Å². The average molecular weight is 270 g/mol. The maximum absolute atomic E-state index is 12.3. The van der Waals surface area contributed by atoms with Crippen molar-refractivity contribution in [2.75, 3.05) is 18.7 Å². The van der Waals surface area contributed by atoms with Crippen molar-refractivity contribution >= 4 is 22.5 Å². The standard InChI is InChI=1S/C16H18N2O2/c1-16(2)10-20-11-18(16)15(19)17-14-8-7-12-5-3-4-6-13(12)9-14/h3-9H,10-11H2,1-2H3,(H,17,19). The number of hydrogen-bond donors (Lipinski definition) is 1. The van der Waals surface area contributed by atoms with Crippen LogP contribution in [0.25, 0.3) is 10.8 Å². The number of hydrogen-bond acceptors (Lipinski definition) is 2. The first kappa shape index (κ1) is 12.9. The minimum Gasteiger partial charge on any atom is -0.359 e. The van der Waals surface area contributed by atoms with Crippen LogP contribution in [0.5, 0.6) is 0 Å². The molecule has 0 radical (unpaired) electrons. The minimum atomic E-state index is -0.263. The van der Waals surface area contributed by atoms with Gasteiger partial charge < -0.3 is 10.1 Å². The van der Waals surface area contributed by atoms with Crippen LogP contribution in [-0.4, -0.2) is 29.8 Å². The molecule has 2 aromatic carbocycles. The number of nitrogens with one attached hydrogen (secondary N) is 1. The van der Waals surface area contributed by atoms with Crippen LogP contribution in [0.3, 0.4) is 0 Å². The van der Waals surface area contributed by atoms with Gasteiger partial charge in [0.05, 0.1) is 12.1 Å². The lowest BCUT2D eigenvalue weighted by atomic mass is 10.1. The third-order valence-corrected chi connectivity index (χ3v) is 3.65. The fourth-order valence-corrected chi connectivity index (χ4v) is 2.43. The molecule has 1 aliphatic heterocycles. The first-order valence-electron chi connectivity index (χ1n) is 6.71. The summed E-state index contributed by atoms with van der Waals surface area (Å²) in [7, 11) is 0. The molecule has 0 unspecified atom stereocenters. The zero-order valence-corrected chi connectivity index (χ0v) is 11.7. The highest BCUT2D eigenvalue weighted by Gasteiger charge is 2.36. The molecule has 1 fully saturated rings. The highest BCUT2D eigenvalue weighted by molar-refractivity contribution is 5.93. The summed E-state index contributed by atoms with van der Waals surface area (Å²) in [6.45, 7) is 4.91. The smallest absolute Gasteiger partial charge is 0.324 e. The lowest BCUT2D eigenvalue weighted by Crippen LogP contribution is -2.46. The predicted molar refractivity (Wildman–Crippen MR) is 79.7 cm³/mol. The van der Waals surface area contributed by atoms with Crippen LogP contribution >= 0.6 is 0 Å². The van der Waals surface area contributed by atoms with Gasteiger partial charge in [0.2, 0.25) is 0 Å². The van der Waals surface area contributed by atoms with Crippen molar-refractivity contribution in [1.82, 2.24) is 4.90 Å². The Hall–Kier alpha value is -2.07. The first-order chi connectivity index (χ1) is 9.56. The second kappa shape index (κ2) is 4.80. The topological polar surface area (TPSA) is 41.6 Å². The molecule has 0 spiro atoms. The molecule has 1 aliphatic rings. The number of benzene rings is 2. The molecule has 4 heteroatoms. The molecule has 0 aliphatic carbocycles. The minimum absolute atomic E-state index is 0.122. The molecule has 4 nitrogen and oxygen atoms in total. The third-order valence-electron chi connectivity index (χ3n) is 3.65. The van der Waals surface area contributed by atoms with Crippen molar-refractivity contribution in [2.24, 2.45) is 0 Å². The quantitative estimate of drug-likeness (QED) is 0.862. The van der Waals surface area contributed by atoms with E-state index in [1.54, 1.807) is 4.90 Å². The third kappa shape index (κ3) is 2.34. The summed E-state index contributed by atoms with van der Waals surface area (Å²) >= 11 is 0. The van der Waals surface area contributed by atoms with Crippen molar-refractivity contribution in [1.29, 1.82) is 0 Å². The second-order valence-electron chi connectivity index (χ2n) is 5.71. The highest BCUT2D eigenvalue weighted by Crippen LogP contribution is 2.24. The summed E-state index contributed by atoms with van der Waals surface area (Å²) < 4.78 is 5.37. The molecule has 2 amide bonds. The molecule has 2 aromatic rings. The van der Waals surface area contributed by atoms with Crippen LogP contribution in [0.4, 0.5) is 10.5 Å². The van der Waals surface area contributed by atoms with E-state index in [1.807, 2.05) is 50.2 Å². The number of urea groups is 1. The Bertz CT molecular complexity index is 652. The number of amides is 2. The van der Waals surface area contributed by atoms with Gasteiger partial charge in [-0.15, -0.1) is 0 Å². The van der Waals surface area contributed by atoms with Gasteiger partial charge in [0.15, 0.2) is 0 Å². The van der Waals surface area contributed by atoms with E-state index >= 15 is 0 Å². The number of fused-ring (bicyclic) bond motifs is 1. The van der Waals surface area contributed by atoms with Gasteiger partial charge in [-0.3, -0.25) is 4.90 Å². The van der Waals surface area contributed by atoms with E-state index in [-0.39, 0.29) is 11.6 Å². The van der Waals surface area contributed by atoms with E-state index in [9.17, 15) is 4.79 Å². The van der Waals surface area contributed by atoms with Crippen molar-refractivity contribution < 1.29 is 9.53 Å². The van der Waals surface area contributed by atoms with Crippen LogP contribution in [-0.2, 0) is 4.74 Å². The van der Waals surface area contributed by atoms with E-state index in [0.717, 1.165) is 16.5 Å². The molecule has 0 aromatic heterocycles. The van der Waals surface area contributed by atoms with Crippen molar-refractivity contribution in [3.63, 3.8) is 0 Å². The number of rotatable bonds is 1. The summed E-state index contributed by atoms with van der Waals surface area (Å²) in [4.78, 5) is 14.0. The van der Waals surface area contributed by atoms with Gasteiger partial charge in [-0.2, -0.15) is 0 Å². The van der Waals surface area contributed by atoms with E-state index < -0.39 is 0 Å². The molecule has 1 heterocycles. The Kier molecular flexibility index (Phi) is 3.10. The molecule has 0 bridgehead atoms. The van der Waals surface area contributed by atoms with Crippen LogP contribution in [0, 0.1) is 0 Å². The molecular formula is C16H18N2O2. The Morgan fingerprint density at radius 1 is 1.20 bits per heavy atom. The summed E-state index contributed by atoms with van der Waals surface area (Å²) in [5, 5.41) is 5.21. The molecule has 1 N–H and O–H groups in total. The van der Waals surface area contributed by atoms with Gasteiger partial charge in [0, 0.05) is 5.69 Å². The van der Waals surface area contributed by atoms with Gasteiger partial charge in [-0.25, -0.2) is 4.79 Å². The van der Waals surface area contributed by atoms with E-state index in [2.05, 4.69) is 11.4 Å². The number of nitrogens with zero attached hydrogens (tertiary/aromatic N) is 1. The number of anilines is 1. The lowest BCUT2D eigenvalue weighted by Gasteiger charge is -2.29. The maximum atomic E-state index is 12.3. The molecule has 1 saturated heterocycles. The molecule has 104 valence electrons. The predicted octanol–water partition coefficient (Wildman–Crippen LogP) is 3.44. The summed E-state index contributed by atoms with van der Waals surface area (Å²) in [5.74, 6) is 0. The van der Waals surface area contributed by atoms with Crippen molar-refractivity contribution in [3.8, 4) is 0 Å². The highest BCUT2D eigenvalue weighted by atomic mass is 16.5. The fourth-order valence-electron chi connectivity index (χ4n) is 2.43. The zero-order chi connectivity index (χ0) is 14.2. The zero-order valence-electron chi connectivity index (χ0n) is 11.7. The van der Waals surface area contributed by atoms with Crippen LogP contribution in [0.1, 0.15) is 13.8 Å². The fraction of sp³-hybridized carbons (Fsp3) is 0.312. The normalized spacial score (nSPS) is 17.4. The van der Waals surface area contributed by atoms with Gasteiger partial charge in [0.1, 0.15) is 6.73 Å². The molecular weight excluding hydrogens is 252 g/mol. The van der Waals surface area contributed by atoms with Crippen LogP contribution in [0.15, 0.2) is 42.5 Å². The van der Waals surface area contributed by atoms with Crippen molar-refractivity contribution in [3.05, 3.63) is 42.5 Å². The van der Waals surface area contributed by atoms with Crippen molar-refractivity contribution in [2.45, 2.75) is 19.4 Å². The Morgan fingerprint density at radius 2 is 1.95 bits per heavy atom. The first-order valence-corrected chi connectivity index (χ1v) is 6.71. The van der Waals surface area contributed by atoms with E-state index in [0.29, 0.717) is 13.3 Å². The Morgan fingerprint density at radius 3 is 2.65 bits per heavy atom. The SMILES string of the molecule is CC1(C)COCN1C(=O)Nc1ccc2ccccc2c1. The molecule has 0 atom stereocenters. The number of carbonyl (C=O) groups is 1. The summed E-state index contributed by atoms with van der Waals surface area (Å²) in [6.07, 6.45) is 0. The Labute approximate surface area is 118 Å². The Balaban J connectivity index is 1.81. The molecule has 20 heavy (non-hydrogen) atoms. The second-order valence-corrected chi connectivity index (χ2v) is 5.71. The molecule has 3 rings (SSSR count). The van der Waals surface area contributed by atoms with Gasteiger partial charge in [-0.1, -0.05) is 30.3 Å². The van der Waals surface area contributed by atoms with Gasteiger partial charge in [-0.05, 0) is 36.8 Å². The summed E-state index contributed by atoms with van der Waals surface area (Å²) in [6, 6.07) is 13.9. The largest absolute Gasteiger partial charge is 0.359 e. The lowest BCUT2D eigenvalue weighted by molar-refractivity contribution is 0.147. The van der Waals surface area contributed by atoms with Gasteiger partial charge in [0.25, 0.3) is 0 Å².